The molecule has 0 aromatic heterocycles. The predicted octanol–water partition coefficient (Wildman–Crippen LogP) is 6.93. The summed E-state index contributed by atoms with van der Waals surface area (Å²) in [7, 11) is 0. The molecule has 2 aliphatic rings. The smallest absolute Gasteiger partial charge is 0.434 e. The molecule has 6 heteroatoms. The summed E-state index contributed by atoms with van der Waals surface area (Å²) in [5, 5.41) is 0. The lowest BCUT2D eigenvalue weighted by Gasteiger charge is -2.28. The van der Waals surface area contributed by atoms with Crippen LogP contribution in [0.2, 0.25) is 0 Å². The van der Waals surface area contributed by atoms with Crippen molar-refractivity contribution in [2.24, 2.45) is 5.92 Å². The fraction of sp³-hybridized carbons (Fsp3) is 0.917. The van der Waals surface area contributed by atoms with E-state index in [1.165, 1.54) is 25.7 Å². The van der Waals surface area contributed by atoms with E-state index in [1.54, 1.807) is 0 Å². The Balaban J connectivity index is 1.58. The number of ether oxygens (including phenoxy) is 4. The summed E-state index contributed by atoms with van der Waals surface area (Å²) in [6.45, 7) is 4.81. The predicted molar refractivity (Wildman–Crippen MR) is 115 cm³/mol. The first kappa shape index (κ1) is 24.8. The lowest BCUT2D eigenvalue weighted by molar-refractivity contribution is -0.0416. The summed E-state index contributed by atoms with van der Waals surface area (Å²) in [5.74, 6) is 0.424. The van der Waals surface area contributed by atoms with Crippen molar-refractivity contribution in [2.75, 3.05) is 6.61 Å². The van der Waals surface area contributed by atoms with Crippen molar-refractivity contribution in [1.82, 2.24) is 0 Å². The van der Waals surface area contributed by atoms with Crippen LogP contribution < -0.4 is 0 Å². The molecule has 174 valence electrons. The van der Waals surface area contributed by atoms with Gasteiger partial charge in [-0.1, -0.05) is 46.0 Å². The normalized spacial score (nSPS) is 23.4. The summed E-state index contributed by atoms with van der Waals surface area (Å²) >= 11 is 0. The highest BCUT2D eigenvalue weighted by atomic mass is 16.7. The highest BCUT2D eigenvalue weighted by Crippen LogP contribution is 2.26. The lowest BCUT2D eigenvalue weighted by Crippen LogP contribution is -2.31. The summed E-state index contributed by atoms with van der Waals surface area (Å²) < 4.78 is 21.8. The van der Waals surface area contributed by atoms with Crippen LogP contribution in [0.25, 0.3) is 0 Å². The van der Waals surface area contributed by atoms with Crippen LogP contribution in [0.5, 0.6) is 0 Å². The summed E-state index contributed by atoms with van der Waals surface area (Å²) in [6, 6.07) is 0. The van der Waals surface area contributed by atoms with E-state index < -0.39 is 12.3 Å². The minimum Gasteiger partial charge on any atom is -0.434 e. The van der Waals surface area contributed by atoms with Gasteiger partial charge in [0.25, 0.3) is 0 Å². The third-order valence-electron chi connectivity index (χ3n) is 6.31. The van der Waals surface area contributed by atoms with E-state index in [4.69, 9.17) is 18.9 Å². The largest absolute Gasteiger partial charge is 0.508 e. The van der Waals surface area contributed by atoms with Gasteiger partial charge in [0, 0.05) is 0 Å². The van der Waals surface area contributed by atoms with Crippen molar-refractivity contribution in [2.45, 2.75) is 128 Å². The van der Waals surface area contributed by atoms with Crippen molar-refractivity contribution in [3.63, 3.8) is 0 Å². The summed E-state index contributed by atoms with van der Waals surface area (Å²) in [6.07, 6.45) is 13.6. The first-order valence-corrected chi connectivity index (χ1v) is 12.3. The van der Waals surface area contributed by atoms with Crippen molar-refractivity contribution in [1.29, 1.82) is 0 Å². The molecular weight excluding hydrogens is 384 g/mol. The maximum absolute atomic E-state index is 12.1. The van der Waals surface area contributed by atoms with Crippen LogP contribution in [-0.2, 0) is 18.9 Å². The van der Waals surface area contributed by atoms with Crippen molar-refractivity contribution >= 4 is 12.3 Å². The number of hydrogen-bond donors (Lipinski definition) is 0. The molecule has 2 fully saturated rings. The molecule has 0 aliphatic heterocycles. The van der Waals surface area contributed by atoms with Crippen LogP contribution in [0.1, 0.15) is 110 Å². The Kier molecular flexibility index (Phi) is 12.0. The number of unbranched alkanes of at least 4 members (excludes halogenated alkanes) is 2. The van der Waals surface area contributed by atoms with Gasteiger partial charge in [-0.25, -0.2) is 9.59 Å². The van der Waals surface area contributed by atoms with Crippen LogP contribution in [-0.4, -0.2) is 37.2 Å². The minimum atomic E-state index is -0.562. The second kappa shape index (κ2) is 14.5. The molecule has 2 saturated carbocycles. The highest BCUT2D eigenvalue weighted by Gasteiger charge is 2.28. The van der Waals surface area contributed by atoms with E-state index in [0.717, 1.165) is 44.9 Å². The van der Waals surface area contributed by atoms with Crippen molar-refractivity contribution in [3.05, 3.63) is 0 Å². The molecule has 6 nitrogen and oxygen atoms in total. The molecule has 1 unspecified atom stereocenters. The van der Waals surface area contributed by atoms with Crippen molar-refractivity contribution < 1.29 is 28.5 Å². The quantitative estimate of drug-likeness (QED) is 0.263. The first-order chi connectivity index (χ1) is 14.6. The molecule has 0 bridgehead atoms. The van der Waals surface area contributed by atoms with Crippen LogP contribution in [0, 0.1) is 5.92 Å². The molecule has 0 spiro atoms. The summed E-state index contributed by atoms with van der Waals surface area (Å²) in [4.78, 5) is 24.1. The van der Waals surface area contributed by atoms with Crippen LogP contribution >= 0.6 is 0 Å². The third-order valence-corrected chi connectivity index (χ3v) is 6.31. The lowest BCUT2D eigenvalue weighted by atomic mass is 9.95. The zero-order chi connectivity index (χ0) is 21.6. The molecule has 0 N–H and O–H groups in total. The number of carbonyl (C=O) groups excluding carboxylic acids is 2. The van der Waals surface area contributed by atoms with Gasteiger partial charge in [0.2, 0.25) is 0 Å². The van der Waals surface area contributed by atoms with Gasteiger partial charge in [-0.15, -0.1) is 0 Å². The van der Waals surface area contributed by atoms with E-state index in [1.807, 2.05) is 0 Å². The Morgan fingerprint density at radius 2 is 1.27 bits per heavy atom. The SMILES string of the molecule is CCCCCC(CCC)COC(=O)OC1CCC(OC(=O)OC2CCCCC2)CC1. The molecule has 0 amide bonds. The fourth-order valence-corrected chi connectivity index (χ4v) is 4.51. The minimum absolute atomic E-state index is 0.0131. The third kappa shape index (κ3) is 10.0. The molecule has 0 aromatic carbocycles. The maximum atomic E-state index is 12.1. The molecule has 30 heavy (non-hydrogen) atoms. The average Bonchev–Trinajstić information content (AvgIpc) is 2.74. The van der Waals surface area contributed by atoms with Crippen LogP contribution in [0.3, 0.4) is 0 Å². The number of rotatable bonds is 11. The number of carbonyl (C=O) groups is 2. The fourth-order valence-electron chi connectivity index (χ4n) is 4.51. The Morgan fingerprint density at radius 1 is 0.700 bits per heavy atom. The molecular formula is C24H42O6. The molecule has 2 aliphatic carbocycles. The number of hydrogen-bond acceptors (Lipinski definition) is 6. The van der Waals surface area contributed by atoms with E-state index in [0.29, 0.717) is 38.2 Å². The zero-order valence-corrected chi connectivity index (χ0v) is 19.1. The molecule has 0 radical (unpaired) electrons. The van der Waals surface area contributed by atoms with E-state index >= 15 is 0 Å². The second-order valence-electron chi connectivity index (χ2n) is 8.97. The van der Waals surface area contributed by atoms with Crippen molar-refractivity contribution in [3.8, 4) is 0 Å². The Morgan fingerprint density at radius 3 is 1.83 bits per heavy atom. The van der Waals surface area contributed by atoms with Crippen LogP contribution in [0.4, 0.5) is 9.59 Å². The van der Waals surface area contributed by atoms with Gasteiger partial charge in [0.05, 0.1) is 6.61 Å². The van der Waals surface area contributed by atoms with Gasteiger partial charge < -0.3 is 18.9 Å². The monoisotopic (exact) mass is 426 g/mol. The zero-order valence-electron chi connectivity index (χ0n) is 19.1. The van der Waals surface area contributed by atoms with Gasteiger partial charge >= 0.3 is 12.3 Å². The van der Waals surface area contributed by atoms with E-state index in [-0.39, 0.29) is 18.3 Å². The molecule has 0 heterocycles. The second-order valence-corrected chi connectivity index (χ2v) is 8.97. The maximum Gasteiger partial charge on any atom is 0.508 e. The van der Waals surface area contributed by atoms with Gasteiger partial charge in [0.15, 0.2) is 0 Å². The Labute approximate surface area is 182 Å². The highest BCUT2D eigenvalue weighted by molar-refractivity contribution is 5.60. The van der Waals surface area contributed by atoms with Gasteiger partial charge in [-0.05, 0) is 70.1 Å². The molecule has 0 aromatic rings. The standard InChI is InChI=1S/C24H42O6/c1-3-5-7-11-19(10-4-2)18-27-23(25)28-21-14-16-22(17-15-21)30-24(26)29-20-12-8-6-9-13-20/h19-22H,3-18H2,1-2H3. The topological polar surface area (TPSA) is 71.1 Å². The summed E-state index contributed by atoms with van der Waals surface area (Å²) in [5.41, 5.74) is 0. The van der Waals surface area contributed by atoms with Gasteiger partial charge in [-0.2, -0.15) is 0 Å². The molecule has 1 atom stereocenters. The van der Waals surface area contributed by atoms with E-state index in [9.17, 15) is 9.59 Å². The van der Waals surface area contributed by atoms with Gasteiger partial charge in [0.1, 0.15) is 18.3 Å². The molecule has 0 saturated heterocycles. The van der Waals surface area contributed by atoms with Gasteiger partial charge in [-0.3, -0.25) is 0 Å². The Hall–Kier alpha value is -1.46. The molecule has 2 rings (SSSR count). The van der Waals surface area contributed by atoms with E-state index in [2.05, 4.69) is 13.8 Å². The average molecular weight is 427 g/mol. The van der Waals surface area contributed by atoms with Crippen LogP contribution in [0.15, 0.2) is 0 Å². The Bertz CT molecular complexity index is 480. The first-order valence-electron chi connectivity index (χ1n) is 12.3.